The lowest BCUT2D eigenvalue weighted by Gasteiger charge is -2.35. The lowest BCUT2D eigenvalue weighted by molar-refractivity contribution is 0.384. The molecule has 0 aliphatic carbocycles. The summed E-state index contributed by atoms with van der Waals surface area (Å²) >= 11 is 0. The number of aryl methyl sites for hydroxylation is 1. The molecule has 0 unspecified atom stereocenters. The number of nitrogens with zero attached hydrogens (tertiary/aromatic N) is 2. The van der Waals surface area contributed by atoms with E-state index in [0.717, 1.165) is 27.8 Å². The summed E-state index contributed by atoms with van der Waals surface area (Å²) < 4.78 is 27.2. The van der Waals surface area contributed by atoms with Gasteiger partial charge in [0.25, 0.3) is 0 Å². The fraction of sp³-hybridized carbons (Fsp3) is 0.316. The Morgan fingerprint density at radius 2 is 1.67 bits per heavy atom. The minimum atomic E-state index is -3.34. The molecule has 0 spiro atoms. The normalized spacial score (nSPS) is 16.1. The molecule has 2 N–H and O–H groups in total. The summed E-state index contributed by atoms with van der Waals surface area (Å²) in [4.78, 5) is 19.0. The van der Waals surface area contributed by atoms with Crippen molar-refractivity contribution in [3.63, 3.8) is 0 Å². The highest BCUT2D eigenvalue weighted by molar-refractivity contribution is 7.88. The topological polar surface area (TPSA) is 89.3 Å². The predicted molar refractivity (Wildman–Crippen MR) is 107 cm³/mol. The SMILES string of the molecule is Cc1ccccc1CS(=O)(=O)N1CCN(c2ccc3[nH]c(=O)[nH]c3c2)CC1. The Labute approximate surface area is 157 Å². The largest absolute Gasteiger partial charge is 0.369 e. The molecule has 0 bridgehead atoms. The van der Waals surface area contributed by atoms with Crippen molar-refractivity contribution in [3.05, 3.63) is 64.1 Å². The van der Waals surface area contributed by atoms with E-state index in [4.69, 9.17) is 0 Å². The van der Waals surface area contributed by atoms with Gasteiger partial charge in [-0.15, -0.1) is 0 Å². The van der Waals surface area contributed by atoms with E-state index in [0.29, 0.717) is 26.2 Å². The van der Waals surface area contributed by atoms with Crippen LogP contribution in [0.1, 0.15) is 11.1 Å². The standard InChI is InChI=1S/C19H22N4O3S/c1-14-4-2-3-5-15(14)13-27(25,26)23-10-8-22(9-11-23)16-6-7-17-18(12-16)21-19(24)20-17/h2-7,12H,8-11,13H2,1H3,(H2,20,21,24). The molecule has 4 rings (SSSR count). The molecule has 1 aliphatic rings. The Morgan fingerprint density at radius 1 is 0.963 bits per heavy atom. The van der Waals surface area contributed by atoms with Crippen LogP contribution in [0.25, 0.3) is 11.0 Å². The number of hydrogen-bond donors (Lipinski definition) is 2. The summed E-state index contributed by atoms with van der Waals surface area (Å²) in [6.45, 7) is 4.08. The van der Waals surface area contributed by atoms with Crippen molar-refractivity contribution in [1.29, 1.82) is 0 Å². The number of benzene rings is 2. The van der Waals surface area contributed by atoms with E-state index in [1.54, 1.807) is 4.31 Å². The van der Waals surface area contributed by atoms with Gasteiger partial charge in [0.05, 0.1) is 16.8 Å². The van der Waals surface area contributed by atoms with E-state index in [1.807, 2.05) is 49.4 Å². The number of fused-ring (bicyclic) bond motifs is 1. The highest BCUT2D eigenvalue weighted by Crippen LogP contribution is 2.22. The Morgan fingerprint density at radius 3 is 2.41 bits per heavy atom. The first-order chi connectivity index (χ1) is 12.9. The second-order valence-corrected chi connectivity index (χ2v) is 8.85. The van der Waals surface area contributed by atoms with E-state index < -0.39 is 10.0 Å². The minimum absolute atomic E-state index is 0.0379. The molecule has 7 nitrogen and oxygen atoms in total. The summed E-state index contributed by atoms with van der Waals surface area (Å²) in [5.74, 6) is 0.0379. The molecule has 2 heterocycles. The number of aromatic amines is 2. The molecule has 142 valence electrons. The second kappa shape index (κ2) is 6.86. The number of H-pyrrole nitrogens is 2. The predicted octanol–water partition coefficient (Wildman–Crippen LogP) is 1.82. The molecule has 1 fully saturated rings. The maximum atomic E-state index is 12.8. The van der Waals surface area contributed by atoms with Crippen LogP contribution in [0.4, 0.5) is 5.69 Å². The van der Waals surface area contributed by atoms with Crippen LogP contribution in [-0.4, -0.2) is 48.9 Å². The van der Waals surface area contributed by atoms with Crippen molar-refractivity contribution >= 4 is 26.7 Å². The molecule has 8 heteroatoms. The lowest BCUT2D eigenvalue weighted by Crippen LogP contribution is -2.49. The summed E-state index contributed by atoms with van der Waals surface area (Å²) in [6, 6.07) is 13.3. The van der Waals surface area contributed by atoms with Crippen LogP contribution < -0.4 is 10.6 Å². The summed E-state index contributed by atoms with van der Waals surface area (Å²) in [5.41, 5.74) is 4.12. The van der Waals surface area contributed by atoms with Gasteiger partial charge in [0.2, 0.25) is 10.0 Å². The Bertz CT molecular complexity index is 1130. The van der Waals surface area contributed by atoms with Gasteiger partial charge < -0.3 is 14.9 Å². The number of rotatable bonds is 4. The van der Waals surface area contributed by atoms with Crippen molar-refractivity contribution in [2.75, 3.05) is 31.1 Å². The van der Waals surface area contributed by atoms with E-state index in [2.05, 4.69) is 14.9 Å². The number of imidazole rings is 1. The summed E-state index contributed by atoms with van der Waals surface area (Å²) in [5, 5.41) is 0. The first kappa shape index (κ1) is 17.8. The number of sulfonamides is 1. The smallest absolute Gasteiger partial charge is 0.323 e. The van der Waals surface area contributed by atoms with Crippen LogP contribution >= 0.6 is 0 Å². The van der Waals surface area contributed by atoms with Gasteiger partial charge in [-0.25, -0.2) is 13.2 Å². The van der Waals surface area contributed by atoms with Crippen molar-refractivity contribution in [2.24, 2.45) is 0 Å². The maximum Gasteiger partial charge on any atom is 0.323 e. The van der Waals surface area contributed by atoms with Crippen LogP contribution in [0.3, 0.4) is 0 Å². The van der Waals surface area contributed by atoms with Crippen molar-refractivity contribution in [1.82, 2.24) is 14.3 Å². The van der Waals surface area contributed by atoms with E-state index in [1.165, 1.54) is 0 Å². The number of piperazine rings is 1. The quantitative estimate of drug-likeness (QED) is 0.716. The molecule has 1 saturated heterocycles. The van der Waals surface area contributed by atoms with E-state index >= 15 is 0 Å². The number of nitrogens with one attached hydrogen (secondary N) is 2. The van der Waals surface area contributed by atoms with Crippen molar-refractivity contribution in [3.8, 4) is 0 Å². The zero-order valence-corrected chi connectivity index (χ0v) is 15.9. The Kier molecular flexibility index (Phi) is 4.53. The van der Waals surface area contributed by atoms with E-state index in [9.17, 15) is 13.2 Å². The monoisotopic (exact) mass is 386 g/mol. The fourth-order valence-corrected chi connectivity index (χ4v) is 5.12. The lowest BCUT2D eigenvalue weighted by atomic mass is 10.1. The van der Waals surface area contributed by atoms with Crippen LogP contribution in [0.15, 0.2) is 47.3 Å². The first-order valence-electron chi connectivity index (χ1n) is 8.92. The number of hydrogen-bond acceptors (Lipinski definition) is 4. The molecule has 0 radical (unpaired) electrons. The third kappa shape index (κ3) is 3.63. The molecule has 1 aliphatic heterocycles. The van der Waals surface area contributed by atoms with Gasteiger partial charge in [-0.1, -0.05) is 24.3 Å². The van der Waals surface area contributed by atoms with Gasteiger partial charge in [-0.2, -0.15) is 4.31 Å². The van der Waals surface area contributed by atoms with Gasteiger partial charge >= 0.3 is 5.69 Å². The molecular weight excluding hydrogens is 364 g/mol. The molecule has 0 saturated carbocycles. The highest BCUT2D eigenvalue weighted by atomic mass is 32.2. The van der Waals surface area contributed by atoms with Gasteiger partial charge in [0.15, 0.2) is 0 Å². The summed E-state index contributed by atoms with van der Waals surface area (Å²) in [7, 11) is -3.34. The fourth-order valence-electron chi connectivity index (χ4n) is 3.50. The zero-order valence-electron chi connectivity index (χ0n) is 15.1. The molecule has 27 heavy (non-hydrogen) atoms. The van der Waals surface area contributed by atoms with Crippen LogP contribution in [0.2, 0.25) is 0 Å². The highest BCUT2D eigenvalue weighted by Gasteiger charge is 2.27. The van der Waals surface area contributed by atoms with Gasteiger partial charge in [-0.3, -0.25) is 0 Å². The van der Waals surface area contributed by atoms with Crippen molar-refractivity contribution < 1.29 is 8.42 Å². The van der Waals surface area contributed by atoms with Gasteiger partial charge in [0.1, 0.15) is 0 Å². The first-order valence-corrected chi connectivity index (χ1v) is 10.5. The Balaban J connectivity index is 1.46. The number of aromatic nitrogens is 2. The van der Waals surface area contributed by atoms with Crippen LogP contribution in [-0.2, 0) is 15.8 Å². The average molecular weight is 386 g/mol. The Hall–Kier alpha value is -2.58. The second-order valence-electron chi connectivity index (χ2n) is 6.88. The van der Waals surface area contributed by atoms with Crippen molar-refractivity contribution in [2.45, 2.75) is 12.7 Å². The van der Waals surface area contributed by atoms with Crippen LogP contribution in [0, 0.1) is 6.92 Å². The third-order valence-electron chi connectivity index (χ3n) is 5.10. The van der Waals surface area contributed by atoms with E-state index in [-0.39, 0.29) is 11.4 Å². The molecule has 1 aromatic heterocycles. The van der Waals surface area contributed by atoms with Gasteiger partial charge in [0, 0.05) is 31.9 Å². The zero-order chi connectivity index (χ0) is 19.0. The molecule has 0 amide bonds. The van der Waals surface area contributed by atoms with Gasteiger partial charge in [-0.05, 0) is 36.2 Å². The molecule has 0 atom stereocenters. The third-order valence-corrected chi connectivity index (χ3v) is 6.92. The molecule has 3 aromatic rings. The van der Waals surface area contributed by atoms with Crippen LogP contribution in [0.5, 0.6) is 0 Å². The maximum absolute atomic E-state index is 12.8. The molecule has 2 aromatic carbocycles. The minimum Gasteiger partial charge on any atom is -0.369 e. The average Bonchev–Trinajstić information content (AvgIpc) is 3.03. The number of anilines is 1. The summed E-state index contributed by atoms with van der Waals surface area (Å²) in [6.07, 6.45) is 0. The molecular formula is C19H22N4O3S.